The maximum absolute atomic E-state index is 15.7. The van der Waals surface area contributed by atoms with Crippen molar-refractivity contribution in [2.75, 3.05) is 19.8 Å². The van der Waals surface area contributed by atoms with Gasteiger partial charge >= 0.3 is 7.82 Å². The molecule has 38 heavy (non-hydrogen) atoms. The van der Waals surface area contributed by atoms with Gasteiger partial charge in [0.15, 0.2) is 23.8 Å². The lowest BCUT2D eigenvalue weighted by Crippen LogP contribution is -2.33. The van der Waals surface area contributed by atoms with E-state index in [1.165, 1.54) is 23.3 Å². The van der Waals surface area contributed by atoms with E-state index in [2.05, 4.69) is 21.5 Å². The summed E-state index contributed by atoms with van der Waals surface area (Å²) in [5.74, 6) is -0.180. The van der Waals surface area contributed by atoms with Crippen LogP contribution in [0.2, 0.25) is 0 Å². The van der Waals surface area contributed by atoms with Gasteiger partial charge in [-0.2, -0.15) is 5.26 Å². The molecule has 1 N–H and O–H groups in total. The van der Waals surface area contributed by atoms with E-state index in [4.69, 9.17) is 23.6 Å². The summed E-state index contributed by atoms with van der Waals surface area (Å²) < 4.78 is 51.5. The number of hydrogen-bond acceptors (Lipinski definition) is 11. The summed E-state index contributed by atoms with van der Waals surface area (Å²) >= 11 is 0. The third kappa shape index (κ3) is 6.02. The highest BCUT2D eigenvalue weighted by atomic mass is 31.2. The molecular formula is C24H25FN5O7P. The Bertz CT molecular complexity index is 1370. The Hall–Kier alpha value is -3.37. The zero-order valence-electron chi connectivity index (χ0n) is 20.1. The van der Waals surface area contributed by atoms with E-state index >= 15 is 4.39 Å². The fourth-order valence-electron chi connectivity index (χ4n) is 3.88. The number of ether oxygens (including phenoxy) is 1. The number of aromatic nitrogens is 4. The maximum atomic E-state index is 15.7. The van der Waals surface area contributed by atoms with Crippen LogP contribution >= 0.6 is 7.82 Å². The zero-order valence-corrected chi connectivity index (χ0v) is 21.0. The number of carbonyl (C=O) groups is 1. The van der Waals surface area contributed by atoms with Crippen molar-refractivity contribution < 1.29 is 37.2 Å². The fourth-order valence-corrected chi connectivity index (χ4v) is 5.23. The monoisotopic (exact) mass is 545 g/mol. The molecule has 1 aliphatic heterocycles. The number of halogens is 1. The summed E-state index contributed by atoms with van der Waals surface area (Å²) in [6, 6.07) is 10.5. The number of nitriles is 1. The number of rotatable bonds is 13. The van der Waals surface area contributed by atoms with E-state index in [0.29, 0.717) is 11.3 Å². The average molecular weight is 545 g/mol. The van der Waals surface area contributed by atoms with E-state index in [1.807, 2.05) is 6.07 Å². The standard InChI is InChI=1S/C24H25FN5O7P/c1-2-10-34-38(33,35-11-6-9-26)37-22-19(13-31)36-24(20(22)25)30-15-29-21-17(27-14-28-23(21)30)12-18(32)16-7-4-3-5-8-16/h2-5,7-8,14-15,19-20,22,24,31H,1,6,10-13H2/t19-,20-,22-,24-,38?/m1/s1. The predicted octanol–water partition coefficient (Wildman–Crippen LogP) is 3.11. The molecule has 4 rings (SSSR count). The summed E-state index contributed by atoms with van der Waals surface area (Å²) in [6.45, 7) is 2.29. The molecule has 0 radical (unpaired) electrons. The fraction of sp³-hybridized carbons (Fsp3) is 0.375. The predicted molar refractivity (Wildman–Crippen MR) is 131 cm³/mol. The van der Waals surface area contributed by atoms with Gasteiger partial charge in [0.2, 0.25) is 0 Å². The van der Waals surface area contributed by atoms with Gasteiger partial charge in [-0.3, -0.25) is 22.9 Å². The molecule has 1 fully saturated rings. The highest BCUT2D eigenvalue weighted by Crippen LogP contribution is 2.53. The van der Waals surface area contributed by atoms with Crippen molar-refractivity contribution in [2.24, 2.45) is 0 Å². The van der Waals surface area contributed by atoms with Crippen molar-refractivity contribution in [3.05, 3.63) is 66.9 Å². The molecule has 1 aliphatic rings. The first-order valence-electron chi connectivity index (χ1n) is 11.6. The molecule has 1 saturated heterocycles. The number of aliphatic hydroxyl groups excluding tert-OH is 1. The number of Topliss-reactive ketones (excluding diaryl/α,β-unsaturated/α-hetero) is 1. The van der Waals surface area contributed by atoms with Crippen LogP contribution in [0.3, 0.4) is 0 Å². The number of nitrogens with zero attached hydrogens (tertiary/aromatic N) is 5. The third-order valence-corrected chi connectivity index (χ3v) is 7.11. The van der Waals surface area contributed by atoms with Gasteiger partial charge in [-0.15, -0.1) is 6.58 Å². The SMILES string of the molecule is C=CCOP(=O)(OCCC#N)O[C@H]1[C@@H](F)[C@H](n2cnc3c(CC(=O)c4ccccc4)ncnc32)O[C@@H]1CO. The number of ketones is 1. The van der Waals surface area contributed by atoms with Crippen molar-refractivity contribution in [1.29, 1.82) is 5.26 Å². The number of phosphoric acid groups is 1. The number of carbonyl (C=O) groups excluding carboxylic acids is 1. The molecule has 0 saturated carbocycles. The smallest absolute Gasteiger partial charge is 0.394 e. The lowest BCUT2D eigenvalue weighted by Gasteiger charge is -2.24. The molecule has 0 amide bonds. The zero-order chi connectivity index (χ0) is 27.1. The van der Waals surface area contributed by atoms with Crippen molar-refractivity contribution in [2.45, 2.75) is 37.4 Å². The Kier molecular flexibility index (Phi) is 9.06. The molecule has 3 aromatic rings. The van der Waals surface area contributed by atoms with Gasteiger partial charge in [0.1, 0.15) is 24.1 Å². The Morgan fingerprint density at radius 3 is 2.79 bits per heavy atom. The summed E-state index contributed by atoms with van der Waals surface area (Å²) in [5.41, 5.74) is 1.32. The quantitative estimate of drug-likeness (QED) is 0.146. The van der Waals surface area contributed by atoms with Crippen LogP contribution in [0.1, 0.15) is 28.7 Å². The lowest BCUT2D eigenvalue weighted by molar-refractivity contribution is -0.0470. The summed E-state index contributed by atoms with van der Waals surface area (Å²) in [7, 11) is -4.35. The normalized spacial score (nSPS) is 22.7. The van der Waals surface area contributed by atoms with E-state index in [0.717, 1.165) is 0 Å². The second-order valence-corrected chi connectivity index (χ2v) is 9.77. The molecule has 12 nitrogen and oxygen atoms in total. The molecule has 200 valence electrons. The Labute approximate surface area is 217 Å². The molecule has 1 aromatic carbocycles. The average Bonchev–Trinajstić information content (AvgIpc) is 3.49. The maximum Gasteiger partial charge on any atom is 0.475 e. The van der Waals surface area contributed by atoms with Crippen LogP contribution < -0.4 is 0 Å². The second-order valence-electron chi connectivity index (χ2n) is 8.15. The van der Waals surface area contributed by atoms with Crippen molar-refractivity contribution >= 4 is 24.8 Å². The van der Waals surface area contributed by atoms with Crippen LogP contribution in [0.15, 0.2) is 55.6 Å². The molecule has 0 bridgehead atoms. The second kappa shape index (κ2) is 12.4. The van der Waals surface area contributed by atoms with Gasteiger partial charge in [0.25, 0.3) is 0 Å². The van der Waals surface area contributed by atoms with Gasteiger partial charge in [0.05, 0.1) is 50.8 Å². The first kappa shape index (κ1) is 27.7. The van der Waals surface area contributed by atoms with E-state index in [-0.39, 0.29) is 43.0 Å². The largest absolute Gasteiger partial charge is 0.475 e. The number of aliphatic hydroxyl groups is 1. The molecular weight excluding hydrogens is 520 g/mol. The number of hydrogen-bond donors (Lipinski definition) is 1. The minimum absolute atomic E-state index is 0.0561. The lowest BCUT2D eigenvalue weighted by atomic mass is 10.1. The summed E-state index contributed by atoms with van der Waals surface area (Å²) in [4.78, 5) is 25.3. The van der Waals surface area contributed by atoms with Crippen LogP contribution in [0.4, 0.5) is 4.39 Å². The summed E-state index contributed by atoms with van der Waals surface area (Å²) in [6.07, 6.45) is -2.49. The Morgan fingerprint density at radius 2 is 2.08 bits per heavy atom. The minimum atomic E-state index is -4.35. The van der Waals surface area contributed by atoms with E-state index in [9.17, 15) is 14.5 Å². The molecule has 1 unspecified atom stereocenters. The number of benzene rings is 1. The third-order valence-electron chi connectivity index (χ3n) is 5.64. The molecule has 2 aromatic heterocycles. The first-order chi connectivity index (χ1) is 18.4. The Morgan fingerprint density at radius 1 is 1.29 bits per heavy atom. The molecule has 3 heterocycles. The van der Waals surface area contributed by atoms with Crippen molar-refractivity contribution in [1.82, 2.24) is 19.5 Å². The molecule has 5 atom stereocenters. The number of alkyl halides is 1. The van der Waals surface area contributed by atoms with Gasteiger partial charge in [-0.05, 0) is 0 Å². The topological polar surface area (TPSA) is 159 Å². The first-order valence-corrected chi connectivity index (χ1v) is 13.1. The van der Waals surface area contributed by atoms with Crippen LogP contribution in [0.25, 0.3) is 11.2 Å². The number of imidazole rings is 1. The van der Waals surface area contributed by atoms with Crippen LogP contribution in [-0.2, 0) is 29.3 Å². The molecule has 0 spiro atoms. The van der Waals surface area contributed by atoms with Crippen molar-refractivity contribution in [3.63, 3.8) is 0 Å². The van der Waals surface area contributed by atoms with Crippen LogP contribution in [0.5, 0.6) is 0 Å². The van der Waals surface area contributed by atoms with Gasteiger partial charge in [-0.1, -0.05) is 36.4 Å². The Balaban J connectivity index is 1.57. The van der Waals surface area contributed by atoms with E-state index < -0.39 is 39.0 Å². The van der Waals surface area contributed by atoms with Gasteiger partial charge in [-0.25, -0.2) is 23.9 Å². The summed E-state index contributed by atoms with van der Waals surface area (Å²) in [5, 5.41) is 18.6. The highest BCUT2D eigenvalue weighted by Gasteiger charge is 2.51. The minimum Gasteiger partial charge on any atom is -0.394 e. The van der Waals surface area contributed by atoms with Crippen LogP contribution in [0, 0.1) is 11.3 Å². The number of fused-ring (bicyclic) bond motifs is 1. The van der Waals surface area contributed by atoms with Crippen LogP contribution in [-0.4, -0.2) is 68.6 Å². The van der Waals surface area contributed by atoms with Gasteiger partial charge < -0.3 is 9.84 Å². The molecule has 0 aliphatic carbocycles. The number of phosphoric ester groups is 1. The van der Waals surface area contributed by atoms with Gasteiger partial charge in [0, 0.05) is 5.56 Å². The van der Waals surface area contributed by atoms with Crippen molar-refractivity contribution in [3.8, 4) is 6.07 Å². The molecule has 14 heteroatoms. The van der Waals surface area contributed by atoms with E-state index in [1.54, 1.807) is 30.3 Å². The highest BCUT2D eigenvalue weighted by molar-refractivity contribution is 7.48.